The predicted octanol–water partition coefficient (Wildman–Crippen LogP) is 5.54. The average molecular weight is 419 g/mol. The molecule has 6 heteroatoms. The SMILES string of the molecule is CCC(O)CC(=O)O.CCCCCCCCCCCCCCCC(O)CC(=O)O. The van der Waals surface area contributed by atoms with E-state index in [9.17, 15) is 14.7 Å². The summed E-state index contributed by atoms with van der Waals surface area (Å²) in [6.07, 6.45) is 16.5. The standard InChI is InChI=1S/C18H36O3.C5H10O3/c1-2-3-4-5-6-7-8-9-10-11-12-13-14-15-17(19)16-18(20)21;1-2-4(6)3-5(7)8/h17,19H,2-16H2,1H3,(H,20,21);4,6H,2-3H2,1H3,(H,7,8). The first-order valence-corrected chi connectivity index (χ1v) is 11.6. The van der Waals surface area contributed by atoms with E-state index in [0.29, 0.717) is 12.8 Å². The van der Waals surface area contributed by atoms with E-state index in [0.717, 1.165) is 12.8 Å². The van der Waals surface area contributed by atoms with Gasteiger partial charge in [0.15, 0.2) is 0 Å². The molecule has 0 aromatic heterocycles. The van der Waals surface area contributed by atoms with Crippen LogP contribution in [-0.2, 0) is 9.59 Å². The largest absolute Gasteiger partial charge is 0.481 e. The van der Waals surface area contributed by atoms with E-state index >= 15 is 0 Å². The summed E-state index contributed by atoms with van der Waals surface area (Å²) in [5, 5.41) is 34.6. The molecular weight excluding hydrogens is 372 g/mol. The maximum Gasteiger partial charge on any atom is 0.305 e. The van der Waals surface area contributed by atoms with Crippen molar-refractivity contribution in [2.24, 2.45) is 0 Å². The van der Waals surface area contributed by atoms with Gasteiger partial charge in [0.1, 0.15) is 0 Å². The van der Waals surface area contributed by atoms with Crippen molar-refractivity contribution >= 4 is 11.9 Å². The third-order valence-corrected chi connectivity index (χ3v) is 4.93. The van der Waals surface area contributed by atoms with Crippen LogP contribution in [0.4, 0.5) is 0 Å². The average Bonchev–Trinajstić information content (AvgIpc) is 2.64. The minimum Gasteiger partial charge on any atom is -0.481 e. The molecule has 0 aliphatic carbocycles. The van der Waals surface area contributed by atoms with Crippen molar-refractivity contribution in [2.75, 3.05) is 0 Å². The van der Waals surface area contributed by atoms with Gasteiger partial charge < -0.3 is 20.4 Å². The third-order valence-electron chi connectivity index (χ3n) is 4.93. The van der Waals surface area contributed by atoms with E-state index in [2.05, 4.69) is 6.92 Å². The van der Waals surface area contributed by atoms with Crippen LogP contribution < -0.4 is 0 Å². The maximum atomic E-state index is 10.4. The van der Waals surface area contributed by atoms with Gasteiger partial charge in [0.2, 0.25) is 0 Å². The second kappa shape index (κ2) is 23.1. The highest BCUT2D eigenvalue weighted by Crippen LogP contribution is 2.13. The van der Waals surface area contributed by atoms with Gasteiger partial charge in [-0.2, -0.15) is 0 Å². The highest BCUT2D eigenvalue weighted by molar-refractivity contribution is 5.67. The molecule has 0 radical (unpaired) electrons. The number of hydrogen-bond donors (Lipinski definition) is 4. The predicted molar refractivity (Wildman–Crippen MR) is 117 cm³/mol. The van der Waals surface area contributed by atoms with Gasteiger partial charge in [-0.1, -0.05) is 97.3 Å². The van der Waals surface area contributed by atoms with Gasteiger partial charge in [0, 0.05) is 0 Å². The zero-order valence-electron chi connectivity index (χ0n) is 18.8. The Morgan fingerprint density at radius 3 is 1.24 bits per heavy atom. The van der Waals surface area contributed by atoms with Gasteiger partial charge in [-0.3, -0.25) is 9.59 Å². The van der Waals surface area contributed by atoms with Crippen LogP contribution in [0.1, 0.15) is 123 Å². The Morgan fingerprint density at radius 1 is 0.586 bits per heavy atom. The zero-order valence-corrected chi connectivity index (χ0v) is 18.8. The number of hydrogen-bond acceptors (Lipinski definition) is 4. The van der Waals surface area contributed by atoms with Gasteiger partial charge in [-0.05, 0) is 12.8 Å². The van der Waals surface area contributed by atoms with Gasteiger partial charge in [-0.15, -0.1) is 0 Å². The number of unbranched alkanes of at least 4 members (excludes halogenated alkanes) is 12. The number of aliphatic carboxylic acids is 2. The van der Waals surface area contributed by atoms with Crippen molar-refractivity contribution in [3.63, 3.8) is 0 Å². The van der Waals surface area contributed by atoms with Crippen molar-refractivity contribution in [2.45, 2.75) is 135 Å². The van der Waals surface area contributed by atoms with Gasteiger partial charge in [-0.25, -0.2) is 0 Å². The lowest BCUT2D eigenvalue weighted by molar-refractivity contribution is -0.140. The lowest BCUT2D eigenvalue weighted by Crippen LogP contribution is -2.12. The van der Waals surface area contributed by atoms with E-state index in [-0.39, 0.29) is 12.8 Å². The van der Waals surface area contributed by atoms with E-state index in [1.165, 1.54) is 70.6 Å². The molecule has 0 aromatic carbocycles. The van der Waals surface area contributed by atoms with E-state index in [4.69, 9.17) is 15.3 Å². The Kier molecular flexibility index (Phi) is 24.0. The number of carbonyl (C=O) groups is 2. The van der Waals surface area contributed by atoms with Crippen LogP contribution in [0.3, 0.4) is 0 Å². The van der Waals surface area contributed by atoms with Gasteiger partial charge >= 0.3 is 11.9 Å². The molecular formula is C23H46O6. The first-order chi connectivity index (χ1) is 13.8. The summed E-state index contributed by atoms with van der Waals surface area (Å²) < 4.78 is 0. The Hall–Kier alpha value is -1.14. The number of aliphatic hydroxyl groups is 2. The maximum absolute atomic E-state index is 10.4. The zero-order chi connectivity index (χ0) is 22.3. The van der Waals surface area contributed by atoms with Crippen LogP contribution in [0.5, 0.6) is 0 Å². The summed E-state index contributed by atoms with van der Waals surface area (Å²) >= 11 is 0. The van der Waals surface area contributed by atoms with Crippen LogP contribution in [0.2, 0.25) is 0 Å². The molecule has 0 amide bonds. The molecule has 0 aromatic rings. The van der Waals surface area contributed by atoms with Crippen LogP contribution in [-0.4, -0.2) is 44.6 Å². The fourth-order valence-corrected chi connectivity index (χ4v) is 3.05. The molecule has 0 bridgehead atoms. The molecule has 4 N–H and O–H groups in total. The minimum absolute atomic E-state index is 0.113. The van der Waals surface area contributed by atoms with Crippen molar-refractivity contribution < 1.29 is 30.0 Å². The lowest BCUT2D eigenvalue weighted by Gasteiger charge is -2.07. The van der Waals surface area contributed by atoms with Gasteiger partial charge in [0.05, 0.1) is 25.0 Å². The molecule has 0 spiro atoms. The molecule has 29 heavy (non-hydrogen) atoms. The summed E-state index contributed by atoms with van der Waals surface area (Å²) in [5.41, 5.74) is 0. The highest BCUT2D eigenvalue weighted by atomic mass is 16.4. The summed E-state index contributed by atoms with van der Waals surface area (Å²) in [7, 11) is 0. The summed E-state index contributed by atoms with van der Waals surface area (Å²) in [5.74, 6) is -1.85. The Morgan fingerprint density at radius 2 is 0.931 bits per heavy atom. The molecule has 2 unspecified atom stereocenters. The van der Waals surface area contributed by atoms with E-state index < -0.39 is 24.1 Å². The van der Waals surface area contributed by atoms with Crippen LogP contribution in [0.25, 0.3) is 0 Å². The van der Waals surface area contributed by atoms with Crippen molar-refractivity contribution in [3.8, 4) is 0 Å². The normalized spacial score (nSPS) is 12.7. The minimum atomic E-state index is -0.945. The Bertz CT molecular complexity index is 372. The monoisotopic (exact) mass is 418 g/mol. The second-order valence-corrected chi connectivity index (χ2v) is 7.94. The number of carboxylic acid groups (broad SMARTS) is 2. The molecule has 174 valence electrons. The molecule has 6 nitrogen and oxygen atoms in total. The third kappa shape index (κ3) is 29.2. The van der Waals surface area contributed by atoms with Crippen molar-refractivity contribution in [1.82, 2.24) is 0 Å². The number of rotatable bonds is 19. The topological polar surface area (TPSA) is 115 Å². The quantitative estimate of drug-likeness (QED) is 0.205. The van der Waals surface area contributed by atoms with Crippen LogP contribution >= 0.6 is 0 Å². The summed E-state index contributed by atoms with van der Waals surface area (Å²) in [4.78, 5) is 20.2. The summed E-state index contributed by atoms with van der Waals surface area (Å²) in [6.45, 7) is 4.00. The van der Waals surface area contributed by atoms with Crippen molar-refractivity contribution in [1.29, 1.82) is 0 Å². The molecule has 0 aliphatic rings. The molecule has 0 fully saturated rings. The molecule has 0 aliphatic heterocycles. The lowest BCUT2D eigenvalue weighted by atomic mass is 10.0. The molecule has 0 saturated heterocycles. The first kappa shape index (κ1) is 30.1. The van der Waals surface area contributed by atoms with Gasteiger partial charge in [0.25, 0.3) is 0 Å². The Labute approximate surface area is 177 Å². The van der Waals surface area contributed by atoms with E-state index in [1.54, 1.807) is 6.92 Å². The molecule has 0 heterocycles. The number of carboxylic acids is 2. The Balaban J connectivity index is 0. The highest BCUT2D eigenvalue weighted by Gasteiger charge is 2.08. The van der Waals surface area contributed by atoms with E-state index in [1.807, 2.05) is 0 Å². The smallest absolute Gasteiger partial charge is 0.305 e. The van der Waals surface area contributed by atoms with Crippen LogP contribution in [0, 0.1) is 0 Å². The second-order valence-electron chi connectivity index (χ2n) is 7.94. The molecule has 0 saturated carbocycles. The first-order valence-electron chi connectivity index (χ1n) is 11.6. The fourth-order valence-electron chi connectivity index (χ4n) is 3.05. The molecule has 2 atom stereocenters. The summed E-state index contributed by atoms with van der Waals surface area (Å²) in [6, 6.07) is 0. The fraction of sp³-hybridized carbons (Fsp3) is 0.913. The molecule has 0 rings (SSSR count). The number of aliphatic hydroxyl groups excluding tert-OH is 2. The van der Waals surface area contributed by atoms with Crippen molar-refractivity contribution in [3.05, 3.63) is 0 Å². The van der Waals surface area contributed by atoms with Crippen LogP contribution in [0.15, 0.2) is 0 Å².